The van der Waals surface area contributed by atoms with Gasteiger partial charge < -0.3 is 19.4 Å². The number of hydrogen-bond acceptors (Lipinski definition) is 4. The van der Waals surface area contributed by atoms with Crippen LogP contribution < -0.4 is 5.32 Å². The molecule has 1 aliphatic heterocycles. The maximum Gasteiger partial charge on any atom is 0.410 e. The summed E-state index contributed by atoms with van der Waals surface area (Å²) in [6.07, 6.45) is 7.40. The van der Waals surface area contributed by atoms with Gasteiger partial charge in [-0.25, -0.2) is 9.78 Å². The number of nitrogens with one attached hydrogen (secondary N) is 1. The number of benzene rings is 1. The van der Waals surface area contributed by atoms with Gasteiger partial charge in [-0.05, 0) is 74.9 Å². The number of likely N-dealkylation sites (tertiary alicyclic amines) is 1. The molecule has 1 aromatic carbocycles. The van der Waals surface area contributed by atoms with Crippen molar-refractivity contribution in [2.24, 2.45) is 0 Å². The number of nitrogens with zero attached hydrogens (tertiary/aromatic N) is 3. The molecule has 0 aliphatic carbocycles. The second-order valence-corrected chi connectivity index (χ2v) is 9.32. The lowest BCUT2D eigenvalue weighted by molar-refractivity contribution is -0.115. The standard InChI is InChI=1S/C25H30N4O3/c1-25(2,3)32-24(31)29-13-9-20(10-14-29)19-4-6-21(7-5-19)27-23(30)17-18-8-12-28-15-11-26-22(28)16-18/h4-8,11-12,15-16,20H,9-10,13-14,17H2,1-3H3,(H,27,30). The highest BCUT2D eigenvalue weighted by Gasteiger charge is 2.27. The molecule has 0 saturated carbocycles. The zero-order chi connectivity index (χ0) is 22.7. The number of pyridine rings is 1. The van der Waals surface area contributed by atoms with E-state index in [1.165, 1.54) is 5.56 Å². The molecule has 1 N–H and O–H groups in total. The molecule has 1 aliphatic rings. The number of carbonyl (C=O) groups excluding carboxylic acids is 2. The Morgan fingerprint density at radius 1 is 1.09 bits per heavy atom. The molecule has 3 heterocycles. The quantitative estimate of drug-likeness (QED) is 0.650. The average molecular weight is 435 g/mol. The number of piperidine rings is 1. The largest absolute Gasteiger partial charge is 0.444 e. The number of amides is 2. The van der Waals surface area contributed by atoms with Crippen molar-refractivity contribution in [3.05, 3.63) is 66.1 Å². The van der Waals surface area contributed by atoms with Crippen LogP contribution in [0.25, 0.3) is 5.65 Å². The van der Waals surface area contributed by atoms with Crippen LogP contribution in [0.4, 0.5) is 10.5 Å². The van der Waals surface area contributed by atoms with E-state index in [2.05, 4.69) is 22.4 Å². The average Bonchev–Trinajstić information content (AvgIpc) is 3.21. The van der Waals surface area contributed by atoms with Crippen molar-refractivity contribution in [3.63, 3.8) is 0 Å². The van der Waals surface area contributed by atoms with E-state index in [0.717, 1.165) is 29.7 Å². The minimum atomic E-state index is -0.472. The summed E-state index contributed by atoms with van der Waals surface area (Å²) in [5, 5.41) is 2.97. The summed E-state index contributed by atoms with van der Waals surface area (Å²) < 4.78 is 7.39. The van der Waals surface area contributed by atoms with Crippen LogP contribution >= 0.6 is 0 Å². The van der Waals surface area contributed by atoms with Crippen molar-refractivity contribution < 1.29 is 14.3 Å². The van der Waals surface area contributed by atoms with Gasteiger partial charge in [0.25, 0.3) is 0 Å². The van der Waals surface area contributed by atoms with Crippen LogP contribution in [0.3, 0.4) is 0 Å². The molecular weight excluding hydrogens is 404 g/mol. The number of anilines is 1. The van der Waals surface area contributed by atoms with Gasteiger partial charge in [0.2, 0.25) is 5.91 Å². The molecular formula is C25H30N4O3. The molecule has 7 nitrogen and oxygen atoms in total. The lowest BCUT2D eigenvalue weighted by Crippen LogP contribution is -2.41. The molecule has 2 amide bonds. The Kier molecular flexibility index (Phi) is 6.17. The van der Waals surface area contributed by atoms with Crippen molar-refractivity contribution >= 4 is 23.3 Å². The van der Waals surface area contributed by atoms with Gasteiger partial charge in [-0.3, -0.25) is 4.79 Å². The molecule has 1 fully saturated rings. The Hall–Kier alpha value is -3.35. The zero-order valence-corrected chi connectivity index (χ0v) is 18.9. The summed E-state index contributed by atoms with van der Waals surface area (Å²) in [7, 11) is 0. The van der Waals surface area contributed by atoms with E-state index in [0.29, 0.717) is 25.4 Å². The number of carbonyl (C=O) groups is 2. The SMILES string of the molecule is CC(C)(C)OC(=O)N1CCC(c2ccc(NC(=O)Cc3ccn4ccnc4c3)cc2)CC1. The molecule has 1 saturated heterocycles. The van der Waals surface area contributed by atoms with Gasteiger partial charge in [-0.2, -0.15) is 0 Å². The van der Waals surface area contributed by atoms with Gasteiger partial charge in [0.1, 0.15) is 11.2 Å². The van der Waals surface area contributed by atoms with Crippen molar-refractivity contribution in [1.29, 1.82) is 0 Å². The predicted molar refractivity (Wildman–Crippen MR) is 124 cm³/mol. The fourth-order valence-electron chi connectivity index (χ4n) is 4.01. The van der Waals surface area contributed by atoms with Crippen molar-refractivity contribution in [2.45, 2.75) is 51.6 Å². The van der Waals surface area contributed by atoms with E-state index in [1.807, 2.05) is 61.8 Å². The third-order valence-electron chi connectivity index (χ3n) is 5.64. The maximum absolute atomic E-state index is 12.5. The molecule has 0 radical (unpaired) electrons. The van der Waals surface area contributed by atoms with Gasteiger partial charge in [0.05, 0.1) is 6.42 Å². The number of ether oxygens (including phenoxy) is 1. The fraction of sp³-hybridized carbons (Fsp3) is 0.400. The maximum atomic E-state index is 12.5. The summed E-state index contributed by atoms with van der Waals surface area (Å²) in [5.74, 6) is 0.346. The summed E-state index contributed by atoms with van der Waals surface area (Å²) in [6.45, 7) is 7.04. The highest BCUT2D eigenvalue weighted by molar-refractivity contribution is 5.92. The van der Waals surface area contributed by atoms with E-state index in [4.69, 9.17) is 4.74 Å². The first-order valence-electron chi connectivity index (χ1n) is 11.1. The van der Waals surface area contributed by atoms with Gasteiger partial charge in [0, 0.05) is 37.4 Å². The number of hydrogen-bond donors (Lipinski definition) is 1. The smallest absolute Gasteiger partial charge is 0.410 e. The van der Waals surface area contributed by atoms with Crippen molar-refractivity contribution in [3.8, 4) is 0 Å². The van der Waals surface area contributed by atoms with E-state index < -0.39 is 5.60 Å². The minimum Gasteiger partial charge on any atom is -0.444 e. The molecule has 0 atom stereocenters. The Morgan fingerprint density at radius 2 is 1.81 bits per heavy atom. The van der Waals surface area contributed by atoms with E-state index >= 15 is 0 Å². The molecule has 4 rings (SSSR count). The lowest BCUT2D eigenvalue weighted by atomic mass is 9.89. The zero-order valence-electron chi connectivity index (χ0n) is 18.9. The third-order valence-corrected chi connectivity index (χ3v) is 5.64. The van der Waals surface area contributed by atoms with Crippen LogP contribution in [0.2, 0.25) is 0 Å². The molecule has 0 spiro atoms. The molecule has 0 bridgehead atoms. The molecule has 7 heteroatoms. The predicted octanol–water partition coefficient (Wildman–Crippen LogP) is 4.63. The normalized spacial score (nSPS) is 15.0. The molecule has 0 unspecified atom stereocenters. The minimum absolute atomic E-state index is 0.0562. The molecule has 32 heavy (non-hydrogen) atoms. The second-order valence-electron chi connectivity index (χ2n) is 9.32. The number of aromatic nitrogens is 2. The van der Waals surface area contributed by atoms with E-state index in [1.54, 1.807) is 11.1 Å². The van der Waals surface area contributed by atoms with Crippen molar-refractivity contribution in [2.75, 3.05) is 18.4 Å². The van der Waals surface area contributed by atoms with Crippen LogP contribution in [0, 0.1) is 0 Å². The van der Waals surface area contributed by atoms with Crippen LogP contribution in [0.1, 0.15) is 50.7 Å². The Balaban J connectivity index is 1.28. The highest BCUT2D eigenvalue weighted by Crippen LogP contribution is 2.29. The van der Waals surface area contributed by atoms with Gasteiger partial charge in [-0.1, -0.05) is 12.1 Å². The van der Waals surface area contributed by atoms with Crippen molar-refractivity contribution in [1.82, 2.24) is 14.3 Å². The molecule has 2 aromatic heterocycles. The third kappa shape index (κ3) is 5.46. The summed E-state index contributed by atoms with van der Waals surface area (Å²) in [4.78, 5) is 30.7. The molecule has 3 aromatic rings. The fourth-order valence-corrected chi connectivity index (χ4v) is 4.01. The van der Waals surface area contributed by atoms with Crippen LogP contribution in [-0.4, -0.2) is 45.0 Å². The Bertz CT molecular complexity index is 1090. The Labute approximate surface area is 188 Å². The summed E-state index contributed by atoms with van der Waals surface area (Å²) in [6, 6.07) is 11.9. The molecule has 168 valence electrons. The first-order valence-corrected chi connectivity index (χ1v) is 11.1. The second kappa shape index (κ2) is 9.02. The van der Waals surface area contributed by atoms with Gasteiger partial charge in [-0.15, -0.1) is 0 Å². The lowest BCUT2D eigenvalue weighted by Gasteiger charge is -2.33. The number of fused-ring (bicyclic) bond motifs is 1. The first kappa shape index (κ1) is 21.9. The van der Waals surface area contributed by atoms with E-state index in [-0.39, 0.29) is 12.0 Å². The number of rotatable bonds is 4. The van der Waals surface area contributed by atoms with Gasteiger partial charge >= 0.3 is 6.09 Å². The van der Waals surface area contributed by atoms with E-state index in [9.17, 15) is 9.59 Å². The van der Waals surface area contributed by atoms with Crippen LogP contribution in [0.15, 0.2) is 55.0 Å². The summed E-state index contributed by atoms with van der Waals surface area (Å²) >= 11 is 0. The van der Waals surface area contributed by atoms with Gasteiger partial charge in [0.15, 0.2) is 0 Å². The highest BCUT2D eigenvalue weighted by atomic mass is 16.6. The monoisotopic (exact) mass is 434 g/mol. The Morgan fingerprint density at radius 3 is 2.50 bits per heavy atom. The number of imidazole rings is 1. The first-order chi connectivity index (χ1) is 15.3. The van der Waals surface area contributed by atoms with Crippen LogP contribution in [0.5, 0.6) is 0 Å². The topological polar surface area (TPSA) is 75.9 Å². The summed E-state index contributed by atoms with van der Waals surface area (Å²) in [5.41, 5.74) is 3.30. The van der Waals surface area contributed by atoms with Crippen LogP contribution in [-0.2, 0) is 16.0 Å².